The first-order valence-corrected chi connectivity index (χ1v) is 7.01. The average molecular weight is 290 g/mol. The van der Waals surface area contributed by atoms with E-state index in [0.29, 0.717) is 12.2 Å². The minimum atomic E-state index is -0.492. The van der Waals surface area contributed by atoms with Crippen LogP contribution >= 0.6 is 0 Å². The Morgan fingerprint density at radius 3 is 2.29 bits per heavy atom. The zero-order valence-corrected chi connectivity index (χ0v) is 13.0. The number of nitrogen functional groups attached to an aromatic ring is 1. The molecule has 1 fully saturated rings. The van der Waals surface area contributed by atoms with E-state index in [9.17, 15) is 5.11 Å². The molecular weight excluding hydrogens is 267 g/mol. The molecule has 21 heavy (non-hydrogen) atoms. The Bertz CT molecular complexity index is 554. The lowest BCUT2D eigenvalue weighted by Crippen LogP contribution is -2.41. The number of phenols is 1. The van der Waals surface area contributed by atoms with Gasteiger partial charge in [-0.1, -0.05) is 6.08 Å². The van der Waals surface area contributed by atoms with E-state index >= 15 is 0 Å². The predicted molar refractivity (Wildman–Crippen MR) is 85.6 cm³/mol. The lowest BCUT2D eigenvalue weighted by molar-refractivity contribution is 0.00578. The maximum Gasteiger partial charge on any atom is 0.491 e. The Morgan fingerprint density at radius 2 is 1.81 bits per heavy atom. The standard InChI is InChI=1S/C15H23BN2O3/c1-14(2)15(3,4)21-16(20-14)11(9-17)7-10-5-6-12(19)8-13(10)18/h5-8,19H,9,17-18H2,1-4H3. The van der Waals surface area contributed by atoms with Crippen molar-refractivity contribution in [2.45, 2.75) is 38.9 Å². The summed E-state index contributed by atoms with van der Waals surface area (Å²) in [6, 6.07) is 4.83. The van der Waals surface area contributed by atoms with Crippen molar-refractivity contribution >= 4 is 18.9 Å². The van der Waals surface area contributed by atoms with Crippen LogP contribution in [0, 0.1) is 0 Å². The Morgan fingerprint density at radius 1 is 1.24 bits per heavy atom. The van der Waals surface area contributed by atoms with Crippen LogP contribution in [0.15, 0.2) is 23.7 Å². The summed E-state index contributed by atoms with van der Waals surface area (Å²) < 4.78 is 12.0. The maximum absolute atomic E-state index is 9.40. The van der Waals surface area contributed by atoms with Crippen LogP contribution < -0.4 is 11.5 Å². The van der Waals surface area contributed by atoms with Crippen molar-refractivity contribution in [2.24, 2.45) is 5.73 Å². The van der Waals surface area contributed by atoms with Gasteiger partial charge in [0.1, 0.15) is 5.75 Å². The van der Waals surface area contributed by atoms with E-state index in [1.165, 1.54) is 6.07 Å². The molecule has 0 bridgehead atoms. The number of anilines is 1. The zero-order valence-electron chi connectivity index (χ0n) is 13.0. The fourth-order valence-electron chi connectivity index (χ4n) is 2.11. The van der Waals surface area contributed by atoms with Crippen LogP contribution in [0.1, 0.15) is 33.3 Å². The molecule has 1 saturated heterocycles. The number of hydrogen-bond acceptors (Lipinski definition) is 5. The van der Waals surface area contributed by atoms with Crippen molar-refractivity contribution in [3.63, 3.8) is 0 Å². The van der Waals surface area contributed by atoms with E-state index in [2.05, 4.69) is 0 Å². The van der Waals surface area contributed by atoms with E-state index < -0.39 is 18.3 Å². The van der Waals surface area contributed by atoms with Crippen molar-refractivity contribution in [1.29, 1.82) is 0 Å². The third kappa shape index (κ3) is 3.07. The van der Waals surface area contributed by atoms with Crippen molar-refractivity contribution in [1.82, 2.24) is 0 Å². The van der Waals surface area contributed by atoms with Gasteiger partial charge >= 0.3 is 7.12 Å². The van der Waals surface area contributed by atoms with Gasteiger partial charge in [-0.15, -0.1) is 0 Å². The predicted octanol–water partition coefficient (Wildman–Crippen LogP) is 1.95. The molecule has 2 rings (SSSR count). The summed E-state index contributed by atoms with van der Waals surface area (Å²) >= 11 is 0. The Labute approximate surface area is 126 Å². The Balaban J connectivity index is 2.31. The summed E-state index contributed by atoms with van der Waals surface area (Å²) in [6.07, 6.45) is 1.86. The fraction of sp³-hybridized carbons (Fsp3) is 0.467. The highest BCUT2D eigenvalue weighted by atomic mass is 16.7. The van der Waals surface area contributed by atoms with E-state index in [0.717, 1.165) is 11.0 Å². The number of phenolic OH excluding ortho intramolecular Hbond substituents is 1. The maximum atomic E-state index is 9.40. The first kappa shape index (κ1) is 15.9. The van der Waals surface area contributed by atoms with Gasteiger partial charge in [0.25, 0.3) is 0 Å². The van der Waals surface area contributed by atoms with Crippen LogP contribution in [0.5, 0.6) is 5.75 Å². The second-order valence-corrected chi connectivity index (χ2v) is 6.32. The molecule has 0 atom stereocenters. The third-order valence-corrected chi connectivity index (χ3v) is 4.20. The Hall–Kier alpha value is -1.50. The molecule has 0 amide bonds. The van der Waals surface area contributed by atoms with Gasteiger partial charge in [0.2, 0.25) is 0 Å². The summed E-state index contributed by atoms with van der Waals surface area (Å²) in [5.74, 6) is 0.134. The van der Waals surface area contributed by atoms with Gasteiger partial charge in [-0.2, -0.15) is 0 Å². The van der Waals surface area contributed by atoms with E-state index in [1.54, 1.807) is 12.1 Å². The summed E-state index contributed by atoms with van der Waals surface area (Å²) in [6.45, 7) is 8.29. The van der Waals surface area contributed by atoms with Crippen LogP contribution in [0.25, 0.3) is 6.08 Å². The molecule has 0 saturated carbocycles. The highest BCUT2D eigenvalue weighted by Crippen LogP contribution is 2.38. The fourth-order valence-corrected chi connectivity index (χ4v) is 2.11. The van der Waals surface area contributed by atoms with Crippen molar-refractivity contribution in [3.05, 3.63) is 29.2 Å². The minimum absolute atomic E-state index is 0.134. The molecule has 0 unspecified atom stereocenters. The molecular formula is C15H23BN2O3. The quantitative estimate of drug-likeness (QED) is 0.584. The molecule has 0 aliphatic carbocycles. The molecule has 5 nitrogen and oxygen atoms in total. The van der Waals surface area contributed by atoms with Crippen molar-refractivity contribution in [3.8, 4) is 5.75 Å². The molecule has 1 aromatic rings. The molecule has 0 spiro atoms. The van der Waals surface area contributed by atoms with E-state index in [4.69, 9.17) is 20.8 Å². The van der Waals surface area contributed by atoms with Gasteiger partial charge in [0.05, 0.1) is 11.2 Å². The number of aromatic hydroxyl groups is 1. The van der Waals surface area contributed by atoms with Crippen molar-refractivity contribution in [2.75, 3.05) is 12.3 Å². The summed E-state index contributed by atoms with van der Waals surface area (Å²) in [4.78, 5) is 0. The van der Waals surface area contributed by atoms with Crippen LogP contribution in [-0.4, -0.2) is 30.0 Å². The minimum Gasteiger partial charge on any atom is -0.508 e. The SMILES string of the molecule is CC1(C)OB(C(=Cc2ccc(O)cc2N)CN)OC1(C)C. The molecule has 114 valence electrons. The highest BCUT2D eigenvalue weighted by Gasteiger charge is 2.52. The highest BCUT2D eigenvalue weighted by molar-refractivity contribution is 6.56. The van der Waals surface area contributed by atoms with Gasteiger partial charge in [-0.3, -0.25) is 0 Å². The molecule has 1 aromatic carbocycles. The second kappa shape index (κ2) is 5.37. The molecule has 5 N–H and O–H groups in total. The van der Waals surface area contributed by atoms with Gasteiger partial charge < -0.3 is 25.9 Å². The normalized spacial score (nSPS) is 20.8. The monoisotopic (exact) mass is 290 g/mol. The Kier molecular flexibility index (Phi) is 4.06. The van der Waals surface area contributed by atoms with Gasteiger partial charge in [-0.25, -0.2) is 0 Å². The van der Waals surface area contributed by atoms with Crippen molar-refractivity contribution < 1.29 is 14.4 Å². The largest absolute Gasteiger partial charge is 0.508 e. The summed E-state index contributed by atoms with van der Waals surface area (Å²) in [5.41, 5.74) is 13.0. The smallest absolute Gasteiger partial charge is 0.491 e. The lowest BCUT2D eigenvalue weighted by Gasteiger charge is -2.32. The zero-order chi connectivity index (χ0) is 15.8. The average Bonchev–Trinajstić information content (AvgIpc) is 2.57. The first-order chi connectivity index (χ1) is 9.66. The molecule has 6 heteroatoms. The van der Waals surface area contributed by atoms with Crippen LogP contribution in [0.3, 0.4) is 0 Å². The molecule has 1 aliphatic rings. The number of hydrogen-bond donors (Lipinski definition) is 3. The lowest BCUT2D eigenvalue weighted by atomic mass is 9.77. The van der Waals surface area contributed by atoms with E-state index in [1.807, 2.05) is 33.8 Å². The van der Waals surface area contributed by atoms with Crippen LogP contribution in [0.2, 0.25) is 0 Å². The summed E-state index contributed by atoms with van der Waals surface area (Å²) in [7, 11) is -0.492. The molecule has 1 aliphatic heterocycles. The second-order valence-electron chi connectivity index (χ2n) is 6.32. The van der Waals surface area contributed by atoms with E-state index in [-0.39, 0.29) is 5.75 Å². The van der Waals surface area contributed by atoms with Gasteiger partial charge in [0, 0.05) is 18.3 Å². The third-order valence-electron chi connectivity index (χ3n) is 4.20. The first-order valence-electron chi connectivity index (χ1n) is 7.01. The number of nitrogens with two attached hydrogens (primary N) is 2. The summed E-state index contributed by atoms with van der Waals surface area (Å²) in [5, 5.41) is 9.40. The molecule has 1 heterocycles. The topological polar surface area (TPSA) is 90.7 Å². The van der Waals surface area contributed by atoms with Gasteiger partial charge in [0.15, 0.2) is 0 Å². The van der Waals surface area contributed by atoms with Crippen LogP contribution in [-0.2, 0) is 9.31 Å². The molecule has 0 radical (unpaired) electrons. The van der Waals surface area contributed by atoms with Gasteiger partial charge in [-0.05, 0) is 50.9 Å². The number of rotatable bonds is 3. The van der Waals surface area contributed by atoms with Crippen LogP contribution in [0.4, 0.5) is 5.69 Å². The number of benzene rings is 1. The molecule has 0 aromatic heterocycles.